The first kappa shape index (κ1) is 29.1. The normalized spacial score (nSPS) is 19.5. The van der Waals surface area contributed by atoms with Crippen LogP contribution < -0.4 is 5.32 Å². The van der Waals surface area contributed by atoms with Crippen molar-refractivity contribution in [3.8, 4) is 0 Å². The van der Waals surface area contributed by atoms with Gasteiger partial charge in [-0.1, -0.05) is 40.2 Å². The van der Waals surface area contributed by atoms with Gasteiger partial charge < -0.3 is 15.0 Å². The van der Waals surface area contributed by atoms with Gasteiger partial charge in [0.05, 0.1) is 18.7 Å². The van der Waals surface area contributed by atoms with Crippen molar-refractivity contribution in [2.45, 2.75) is 105 Å². The summed E-state index contributed by atoms with van der Waals surface area (Å²) >= 11 is 0. The zero-order valence-electron chi connectivity index (χ0n) is 22.3. The first-order valence-electron chi connectivity index (χ1n) is 12.6. The second-order valence-electron chi connectivity index (χ2n) is 10.3. The number of hydrogen-bond acceptors (Lipinski definition) is 5. The molecule has 0 radical (unpaired) electrons. The Kier molecular flexibility index (Phi) is 12.1. The molecule has 1 fully saturated rings. The predicted octanol–water partition coefficient (Wildman–Crippen LogP) is 3.77. The van der Waals surface area contributed by atoms with Gasteiger partial charge in [-0.3, -0.25) is 14.5 Å². The molecule has 0 aromatic rings. The lowest BCUT2D eigenvalue weighted by Gasteiger charge is -2.39. The number of amides is 2. The van der Waals surface area contributed by atoms with Crippen LogP contribution in [-0.2, 0) is 19.1 Å². The molecule has 7 heteroatoms. The van der Waals surface area contributed by atoms with E-state index in [1.165, 1.54) is 0 Å². The maximum Gasteiger partial charge on any atom is 0.333 e. The minimum atomic E-state index is -0.601. The van der Waals surface area contributed by atoms with Crippen molar-refractivity contribution in [3.63, 3.8) is 0 Å². The van der Waals surface area contributed by atoms with Crippen molar-refractivity contribution in [2.75, 3.05) is 20.2 Å². The summed E-state index contributed by atoms with van der Waals surface area (Å²) in [5, 5.41) is 3.09. The van der Waals surface area contributed by atoms with Gasteiger partial charge in [0.2, 0.25) is 11.8 Å². The number of nitrogens with one attached hydrogen (secondary N) is 1. The quantitative estimate of drug-likeness (QED) is 0.371. The van der Waals surface area contributed by atoms with Crippen LogP contribution in [-0.4, -0.2) is 72.0 Å². The Hall–Kier alpha value is -1.89. The van der Waals surface area contributed by atoms with E-state index in [-0.39, 0.29) is 47.7 Å². The Morgan fingerprint density at radius 2 is 1.76 bits per heavy atom. The van der Waals surface area contributed by atoms with E-state index in [2.05, 4.69) is 37.9 Å². The predicted molar refractivity (Wildman–Crippen MR) is 133 cm³/mol. The molecule has 0 spiro atoms. The third-order valence-corrected chi connectivity index (χ3v) is 6.33. The van der Waals surface area contributed by atoms with Crippen LogP contribution >= 0.6 is 0 Å². The average molecular weight is 466 g/mol. The van der Waals surface area contributed by atoms with Crippen LogP contribution in [0.2, 0.25) is 0 Å². The molecular formula is C26H47N3O4. The second kappa shape index (κ2) is 13.7. The van der Waals surface area contributed by atoms with Crippen molar-refractivity contribution in [3.05, 3.63) is 11.6 Å². The Balaban J connectivity index is 3.09. The maximum absolute atomic E-state index is 13.6. The highest BCUT2D eigenvalue weighted by Gasteiger charge is 2.35. The minimum Gasteiger partial charge on any atom is -0.463 e. The number of likely N-dealkylation sites (tertiary alicyclic amines) is 1. The Labute approximate surface area is 201 Å². The summed E-state index contributed by atoms with van der Waals surface area (Å²) in [7, 11) is 1.75. The molecule has 1 N–H and O–H groups in total. The van der Waals surface area contributed by atoms with Crippen molar-refractivity contribution < 1.29 is 19.1 Å². The number of ether oxygens (including phenoxy) is 1. The topological polar surface area (TPSA) is 79.0 Å². The van der Waals surface area contributed by atoms with Gasteiger partial charge in [0.25, 0.3) is 0 Å². The van der Waals surface area contributed by atoms with Gasteiger partial charge in [-0.25, -0.2) is 4.79 Å². The molecule has 2 amide bonds. The van der Waals surface area contributed by atoms with Gasteiger partial charge in [-0.15, -0.1) is 0 Å². The highest BCUT2D eigenvalue weighted by atomic mass is 16.5. The lowest BCUT2D eigenvalue weighted by Crippen LogP contribution is -2.57. The second-order valence-corrected chi connectivity index (χ2v) is 10.3. The highest BCUT2D eigenvalue weighted by Crippen LogP contribution is 2.21. The van der Waals surface area contributed by atoms with Gasteiger partial charge in [0, 0.05) is 18.7 Å². The van der Waals surface area contributed by atoms with E-state index in [9.17, 15) is 14.4 Å². The van der Waals surface area contributed by atoms with E-state index < -0.39 is 6.04 Å². The summed E-state index contributed by atoms with van der Waals surface area (Å²) < 4.78 is 5.10. The fraction of sp³-hybridized carbons (Fsp3) is 0.808. The van der Waals surface area contributed by atoms with Crippen molar-refractivity contribution in [1.82, 2.24) is 15.1 Å². The average Bonchev–Trinajstić information content (AvgIpc) is 2.75. The van der Waals surface area contributed by atoms with Crippen LogP contribution in [0.15, 0.2) is 11.6 Å². The monoisotopic (exact) mass is 465 g/mol. The van der Waals surface area contributed by atoms with Crippen LogP contribution in [0.25, 0.3) is 0 Å². The molecule has 1 heterocycles. The largest absolute Gasteiger partial charge is 0.463 e. The number of carbonyl (C=O) groups is 3. The van der Waals surface area contributed by atoms with E-state index in [0.717, 1.165) is 25.8 Å². The fourth-order valence-electron chi connectivity index (χ4n) is 4.53. The molecular weight excluding hydrogens is 418 g/mol. The Bertz CT molecular complexity index is 687. The fourth-order valence-corrected chi connectivity index (χ4v) is 4.53. The molecule has 1 aliphatic rings. The summed E-state index contributed by atoms with van der Waals surface area (Å²) in [5.41, 5.74) is 0.481. The summed E-state index contributed by atoms with van der Waals surface area (Å²) in [6.07, 6.45) is 5.31. The molecule has 1 rings (SSSR count). The molecule has 1 aliphatic heterocycles. The van der Waals surface area contributed by atoms with E-state index in [1.807, 2.05) is 13.8 Å². The van der Waals surface area contributed by atoms with Gasteiger partial charge in [0.1, 0.15) is 6.04 Å². The summed E-state index contributed by atoms with van der Waals surface area (Å²) in [5.74, 6) is -0.226. The third kappa shape index (κ3) is 8.76. The lowest BCUT2D eigenvalue weighted by atomic mass is 9.96. The first-order valence-corrected chi connectivity index (χ1v) is 12.6. The van der Waals surface area contributed by atoms with E-state index >= 15 is 0 Å². The molecule has 0 aromatic carbocycles. The van der Waals surface area contributed by atoms with Crippen LogP contribution in [0, 0.1) is 11.8 Å². The lowest BCUT2D eigenvalue weighted by molar-refractivity contribution is -0.140. The molecule has 0 saturated carbocycles. The van der Waals surface area contributed by atoms with Crippen LogP contribution in [0.1, 0.15) is 81.1 Å². The van der Waals surface area contributed by atoms with Crippen LogP contribution in [0.5, 0.6) is 0 Å². The SMILES string of the molecule is CCOC(=O)/C(C)=C/C(C(C)C)N(C)C(=O)C(CC(C)C)NC(=O)C1CCCCN1C(C)C. The Morgan fingerprint density at radius 3 is 2.27 bits per heavy atom. The van der Waals surface area contributed by atoms with Gasteiger partial charge >= 0.3 is 5.97 Å². The molecule has 190 valence electrons. The first-order chi connectivity index (χ1) is 15.4. The zero-order chi connectivity index (χ0) is 25.3. The number of rotatable bonds is 11. The standard InChI is InChI=1S/C26H47N3O4/c1-10-33-26(32)20(8)16-23(18(4)5)28(9)25(31)21(15-17(2)3)27-24(30)22-13-11-12-14-29(22)19(6)7/h16-19,21-23H,10-15H2,1-9H3,(H,27,30)/b20-16+. The van der Waals surface area contributed by atoms with Gasteiger partial charge in [-0.05, 0) is 65.3 Å². The number of likely N-dealkylation sites (N-methyl/N-ethyl adjacent to an activating group) is 1. The number of hydrogen-bond donors (Lipinski definition) is 1. The highest BCUT2D eigenvalue weighted by molar-refractivity contribution is 5.90. The van der Waals surface area contributed by atoms with Crippen molar-refractivity contribution in [2.24, 2.45) is 11.8 Å². The molecule has 33 heavy (non-hydrogen) atoms. The van der Waals surface area contributed by atoms with Crippen LogP contribution in [0.4, 0.5) is 0 Å². The number of nitrogens with zero attached hydrogens (tertiary/aromatic N) is 2. The molecule has 3 unspecified atom stereocenters. The molecule has 0 aromatic heterocycles. The summed E-state index contributed by atoms with van der Waals surface area (Å²) in [4.78, 5) is 42.9. The molecule has 1 saturated heterocycles. The Morgan fingerprint density at radius 1 is 1.12 bits per heavy atom. The molecule has 0 bridgehead atoms. The molecule has 7 nitrogen and oxygen atoms in total. The summed E-state index contributed by atoms with van der Waals surface area (Å²) in [6.45, 7) is 17.1. The number of esters is 1. The third-order valence-electron chi connectivity index (χ3n) is 6.33. The minimum absolute atomic E-state index is 0.0601. The van der Waals surface area contributed by atoms with Crippen molar-refractivity contribution in [1.29, 1.82) is 0 Å². The smallest absolute Gasteiger partial charge is 0.333 e. The number of piperidine rings is 1. The van der Waals surface area contributed by atoms with E-state index in [4.69, 9.17) is 4.74 Å². The van der Waals surface area contributed by atoms with Gasteiger partial charge in [0.15, 0.2) is 0 Å². The van der Waals surface area contributed by atoms with Crippen LogP contribution in [0.3, 0.4) is 0 Å². The summed E-state index contributed by atoms with van der Waals surface area (Å²) in [6, 6.07) is -0.797. The maximum atomic E-state index is 13.6. The van der Waals surface area contributed by atoms with Crippen molar-refractivity contribution >= 4 is 17.8 Å². The number of carbonyl (C=O) groups excluding carboxylic acids is 3. The van der Waals surface area contributed by atoms with Gasteiger partial charge in [-0.2, -0.15) is 0 Å². The molecule has 0 aliphatic carbocycles. The van der Waals surface area contributed by atoms with E-state index in [0.29, 0.717) is 18.6 Å². The van der Waals surface area contributed by atoms with E-state index in [1.54, 1.807) is 31.9 Å². The molecule has 3 atom stereocenters. The zero-order valence-corrected chi connectivity index (χ0v) is 22.3.